The number of allylic oxidation sites excluding steroid dienone is 12. The number of hydrogen-bond donors (Lipinski definition) is 0. The second-order valence-electron chi connectivity index (χ2n) is 8.84. The van der Waals surface area contributed by atoms with E-state index in [-0.39, 0.29) is 0 Å². The van der Waals surface area contributed by atoms with Gasteiger partial charge in [0.05, 0.1) is 0 Å². The van der Waals surface area contributed by atoms with Crippen molar-refractivity contribution < 1.29 is 4.42 Å². The molecule has 3 aliphatic carbocycles. The molecule has 0 aliphatic heterocycles. The molecule has 1 spiro atoms. The summed E-state index contributed by atoms with van der Waals surface area (Å²) >= 11 is 0. The van der Waals surface area contributed by atoms with Gasteiger partial charge in [-0.1, -0.05) is 127 Å². The monoisotopic (exact) mass is 434 g/mol. The van der Waals surface area contributed by atoms with Crippen molar-refractivity contribution in [3.05, 3.63) is 162 Å². The maximum absolute atomic E-state index is 6.77. The normalized spacial score (nSPS) is 24.5. The fourth-order valence-corrected chi connectivity index (χ4v) is 5.88. The summed E-state index contributed by atoms with van der Waals surface area (Å²) in [5, 5.41) is 1.17. The van der Waals surface area contributed by atoms with Gasteiger partial charge in [0.1, 0.15) is 16.8 Å². The van der Waals surface area contributed by atoms with Crippen LogP contribution in [-0.2, 0) is 5.41 Å². The molecule has 160 valence electrons. The topological polar surface area (TPSA) is 13.1 Å². The van der Waals surface area contributed by atoms with Crippen LogP contribution in [0.3, 0.4) is 0 Å². The zero-order valence-corrected chi connectivity index (χ0v) is 18.6. The first-order valence-electron chi connectivity index (χ1n) is 11.7. The first-order valence-corrected chi connectivity index (χ1v) is 11.7. The molecule has 1 heteroatoms. The summed E-state index contributed by atoms with van der Waals surface area (Å²) in [4.78, 5) is 0. The van der Waals surface area contributed by atoms with E-state index in [1.807, 2.05) is 12.2 Å². The average Bonchev–Trinajstić information content (AvgIpc) is 3.47. The van der Waals surface area contributed by atoms with Crippen molar-refractivity contribution >= 4 is 16.5 Å². The molecule has 4 aromatic rings. The number of fused-ring (bicyclic) bond motifs is 11. The van der Waals surface area contributed by atoms with Gasteiger partial charge in [0.2, 0.25) is 0 Å². The van der Waals surface area contributed by atoms with Crippen LogP contribution in [0.25, 0.3) is 27.7 Å². The molecule has 3 aliphatic rings. The van der Waals surface area contributed by atoms with Crippen molar-refractivity contribution in [3.8, 4) is 11.1 Å². The molecule has 3 aromatic carbocycles. The van der Waals surface area contributed by atoms with E-state index in [0.717, 1.165) is 11.3 Å². The Morgan fingerprint density at radius 3 is 1.91 bits per heavy atom. The SMILES string of the molecule is C1=C\C=C\C=C\C2=C(\C=C\C=C/1)C1(c3ccccc32)c2ccccc2-c2c1oc1ccccc21. The molecule has 1 atom stereocenters. The first kappa shape index (κ1) is 19.1. The highest BCUT2D eigenvalue weighted by molar-refractivity contribution is 6.05. The van der Waals surface area contributed by atoms with E-state index in [9.17, 15) is 0 Å². The third-order valence-electron chi connectivity index (χ3n) is 7.16. The molecule has 0 N–H and O–H groups in total. The second-order valence-corrected chi connectivity index (χ2v) is 8.84. The summed E-state index contributed by atoms with van der Waals surface area (Å²) in [6.07, 6.45) is 21.2. The van der Waals surface area contributed by atoms with Crippen molar-refractivity contribution in [3.63, 3.8) is 0 Å². The summed E-state index contributed by atoms with van der Waals surface area (Å²) in [5.74, 6) is 1.02. The predicted molar refractivity (Wildman–Crippen MR) is 141 cm³/mol. The Bertz CT molecular complexity index is 1650. The summed E-state index contributed by atoms with van der Waals surface area (Å²) in [6.45, 7) is 0. The van der Waals surface area contributed by atoms with Crippen molar-refractivity contribution in [1.29, 1.82) is 0 Å². The molecule has 1 nitrogen and oxygen atoms in total. The average molecular weight is 435 g/mol. The molecule has 0 radical (unpaired) electrons. The molecule has 1 heterocycles. The minimum atomic E-state index is -0.491. The summed E-state index contributed by atoms with van der Waals surface area (Å²) in [6, 6.07) is 26.0. The Kier molecular flexibility index (Phi) is 4.13. The number of benzene rings is 3. The van der Waals surface area contributed by atoms with Gasteiger partial charge in [-0.25, -0.2) is 0 Å². The van der Waals surface area contributed by atoms with Crippen LogP contribution in [0.2, 0.25) is 0 Å². The third kappa shape index (κ3) is 2.44. The van der Waals surface area contributed by atoms with Gasteiger partial charge in [-0.05, 0) is 39.5 Å². The fourth-order valence-electron chi connectivity index (χ4n) is 5.88. The van der Waals surface area contributed by atoms with Crippen LogP contribution in [0, 0.1) is 0 Å². The van der Waals surface area contributed by atoms with E-state index in [1.54, 1.807) is 0 Å². The zero-order chi connectivity index (χ0) is 22.5. The Morgan fingerprint density at radius 1 is 0.529 bits per heavy atom. The minimum Gasteiger partial charge on any atom is -0.459 e. The quantitative estimate of drug-likeness (QED) is 0.271. The lowest BCUT2D eigenvalue weighted by Gasteiger charge is -2.29. The molecule has 34 heavy (non-hydrogen) atoms. The molecule has 0 amide bonds. The van der Waals surface area contributed by atoms with Gasteiger partial charge >= 0.3 is 0 Å². The van der Waals surface area contributed by atoms with Crippen LogP contribution in [0.5, 0.6) is 0 Å². The molecule has 1 unspecified atom stereocenters. The highest BCUT2D eigenvalue weighted by Gasteiger charge is 2.55. The van der Waals surface area contributed by atoms with E-state index in [1.165, 1.54) is 44.3 Å². The molecule has 1 aromatic heterocycles. The highest BCUT2D eigenvalue weighted by Crippen LogP contribution is 2.64. The van der Waals surface area contributed by atoms with Gasteiger partial charge in [-0.2, -0.15) is 0 Å². The Morgan fingerprint density at radius 2 is 1.12 bits per heavy atom. The third-order valence-corrected chi connectivity index (χ3v) is 7.16. The van der Waals surface area contributed by atoms with Crippen LogP contribution >= 0.6 is 0 Å². The minimum absolute atomic E-state index is 0.491. The van der Waals surface area contributed by atoms with Crippen molar-refractivity contribution in [2.45, 2.75) is 5.41 Å². The predicted octanol–water partition coefficient (Wildman–Crippen LogP) is 8.31. The maximum Gasteiger partial charge on any atom is 0.135 e. The van der Waals surface area contributed by atoms with E-state index in [2.05, 4.69) is 121 Å². The van der Waals surface area contributed by atoms with Crippen molar-refractivity contribution in [2.75, 3.05) is 0 Å². The molecule has 0 saturated carbocycles. The van der Waals surface area contributed by atoms with Gasteiger partial charge in [-0.3, -0.25) is 0 Å². The van der Waals surface area contributed by atoms with Crippen LogP contribution in [0.4, 0.5) is 0 Å². The largest absolute Gasteiger partial charge is 0.459 e. The number of furan rings is 1. The van der Waals surface area contributed by atoms with E-state index in [0.29, 0.717) is 0 Å². The number of hydrogen-bond acceptors (Lipinski definition) is 1. The first-order chi connectivity index (χ1) is 16.9. The zero-order valence-electron chi connectivity index (χ0n) is 18.6. The summed E-state index contributed by atoms with van der Waals surface area (Å²) in [7, 11) is 0. The molecule has 0 bridgehead atoms. The molecule has 0 fully saturated rings. The number of para-hydroxylation sites is 1. The Hall–Kier alpha value is -4.36. The van der Waals surface area contributed by atoms with Crippen LogP contribution in [-0.4, -0.2) is 0 Å². The summed E-state index contributed by atoms with van der Waals surface area (Å²) in [5.41, 5.74) is 9.23. The van der Waals surface area contributed by atoms with Crippen LogP contribution in [0.15, 0.2) is 144 Å². The lowest BCUT2D eigenvalue weighted by Crippen LogP contribution is -2.26. The molecule has 7 rings (SSSR count). The van der Waals surface area contributed by atoms with Gasteiger partial charge in [0, 0.05) is 10.9 Å². The van der Waals surface area contributed by atoms with Crippen molar-refractivity contribution in [2.24, 2.45) is 0 Å². The van der Waals surface area contributed by atoms with Crippen LogP contribution in [0.1, 0.15) is 22.5 Å². The molecular weight excluding hydrogens is 412 g/mol. The maximum atomic E-state index is 6.77. The van der Waals surface area contributed by atoms with Crippen molar-refractivity contribution in [1.82, 2.24) is 0 Å². The molecular formula is C33H22O. The summed E-state index contributed by atoms with van der Waals surface area (Å²) < 4.78 is 6.77. The van der Waals surface area contributed by atoms with E-state index in [4.69, 9.17) is 4.42 Å². The standard InChI is InChI=1S/C33H22O/c1-2-4-6-8-19-27-23(15-7-5-3-1)24-16-9-12-20-28(24)33(27)29-21-13-10-17-25(29)31-26-18-11-14-22-30(26)34-32(31)33/h1-22H/b2-1-,3-1?,4-2?,5-3+,6-4-,7-5?,8-6?,15-7+,19-8+,23-15?,27-19?. The van der Waals surface area contributed by atoms with Gasteiger partial charge < -0.3 is 4.42 Å². The van der Waals surface area contributed by atoms with Gasteiger partial charge in [0.25, 0.3) is 0 Å². The van der Waals surface area contributed by atoms with Crippen LogP contribution < -0.4 is 0 Å². The van der Waals surface area contributed by atoms with E-state index < -0.39 is 5.41 Å². The molecule has 0 saturated heterocycles. The highest BCUT2D eigenvalue weighted by atomic mass is 16.3. The van der Waals surface area contributed by atoms with Gasteiger partial charge in [0.15, 0.2) is 0 Å². The lowest BCUT2D eigenvalue weighted by atomic mass is 9.72. The Balaban J connectivity index is 1.65. The smallest absolute Gasteiger partial charge is 0.135 e. The second kappa shape index (κ2) is 7.33. The van der Waals surface area contributed by atoms with Gasteiger partial charge in [-0.15, -0.1) is 0 Å². The number of rotatable bonds is 0. The lowest BCUT2D eigenvalue weighted by molar-refractivity contribution is 0.505. The Labute approximate surface area is 199 Å². The van der Waals surface area contributed by atoms with E-state index >= 15 is 0 Å². The fraction of sp³-hybridized carbons (Fsp3) is 0.0303.